The zero-order chi connectivity index (χ0) is 22.0. The van der Waals surface area contributed by atoms with Gasteiger partial charge in [-0.3, -0.25) is 4.79 Å². The fraction of sp³-hybridized carbons (Fsp3) is 0.143. The molecule has 31 heavy (non-hydrogen) atoms. The van der Waals surface area contributed by atoms with Gasteiger partial charge in [-0.1, -0.05) is 0 Å². The van der Waals surface area contributed by atoms with Gasteiger partial charge in [-0.2, -0.15) is 4.31 Å². The van der Waals surface area contributed by atoms with E-state index in [0.29, 0.717) is 17.1 Å². The third-order valence-electron chi connectivity index (χ3n) is 4.76. The highest BCUT2D eigenvalue weighted by molar-refractivity contribution is 7.89. The molecule has 0 radical (unpaired) electrons. The minimum atomic E-state index is -3.96. The Balaban J connectivity index is 1.61. The van der Waals surface area contributed by atoms with E-state index in [4.69, 9.17) is 4.74 Å². The Morgan fingerprint density at radius 3 is 2.52 bits per heavy atom. The highest BCUT2D eigenvalue weighted by atomic mass is 32.2. The second-order valence-electron chi connectivity index (χ2n) is 6.76. The highest BCUT2D eigenvalue weighted by Gasteiger charge is 2.37. The third-order valence-corrected chi connectivity index (χ3v) is 6.55. The lowest BCUT2D eigenvalue weighted by Gasteiger charge is -2.36. The SMILES string of the molecule is COc1ccc(NC(=O)CN2CN(c3ccc(F)cc3)c3ncccc3S2(=O)=O)cc1. The molecule has 0 unspecified atom stereocenters. The number of hydrogen-bond acceptors (Lipinski definition) is 6. The fourth-order valence-corrected chi connectivity index (χ4v) is 4.70. The molecule has 1 aliphatic rings. The summed E-state index contributed by atoms with van der Waals surface area (Å²) >= 11 is 0. The number of nitrogens with zero attached hydrogens (tertiary/aromatic N) is 3. The lowest BCUT2D eigenvalue weighted by molar-refractivity contribution is -0.116. The highest BCUT2D eigenvalue weighted by Crippen LogP contribution is 2.36. The van der Waals surface area contributed by atoms with Crippen molar-refractivity contribution < 1.29 is 22.3 Å². The zero-order valence-corrected chi connectivity index (χ0v) is 17.3. The van der Waals surface area contributed by atoms with E-state index in [0.717, 1.165) is 4.31 Å². The van der Waals surface area contributed by atoms with Crippen molar-refractivity contribution in [3.63, 3.8) is 0 Å². The molecule has 10 heteroatoms. The van der Waals surface area contributed by atoms with Crippen LogP contribution in [-0.2, 0) is 14.8 Å². The molecule has 0 fully saturated rings. The van der Waals surface area contributed by atoms with Crippen LogP contribution in [0.2, 0.25) is 0 Å². The number of amides is 1. The van der Waals surface area contributed by atoms with E-state index in [1.165, 1.54) is 49.7 Å². The first kappa shape index (κ1) is 20.8. The second kappa shape index (κ2) is 8.32. The molecule has 0 spiro atoms. The van der Waals surface area contributed by atoms with Gasteiger partial charge in [0, 0.05) is 17.6 Å². The number of anilines is 3. The molecule has 0 saturated carbocycles. The number of nitrogens with one attached hydrogen (secondary N) is 1. The van der Waals surface area contributed by atoms with Crippen molar-refractivity contribution in [2.45, 2.75) is 4.90 Å². The maximum atomic E-state index is 13.4. The number of pyridine rings is 1. The van der Waals surface area contributed by atoms with Gasteiger partial charge in [0.15, 0.2) is 5.82 Å². The van der Waals surface area contributed by atoms with E-state index in [1.807, 2.05) is 0 Å². The van der Waals surface area contributed by atoms with Gasteiger partial charge in [-0.25, -0.2) is 17.8 Å². The average molecular weight is 442 g/mol. The van der Waals surface area contributed by atoms with Crippen molar-refractivity contribution >= 4 is 33.1 Å². The Morgan fingerprint density at radius 2 is 1.84 bits per heavy atom. The lowest BCUT2D eigenvalue weighted by atomic mass is 10.2. The zero-order valence-electron chi connectivity index (χ0n) is 16.5. The van der Waals surface area contributed by atoms with Crippen LogP contribution in [0.4, 0.5) is 21.6 Å². The van der Waals surface area contributed by atoms with Crippen molar-refractivity contribution in [3.05, 3.63) is 72.7 Å². The van der Waals surface area contributed by atoms with E-state index >= 15 is 0 Å². The van der Waals surface area contributed by atoms with Gasteiger partial charge < -0.3 is 15.0 Å². The number of rotatable bonds is 5. The molecule has 2 aromatic carbocycles. The summed E-state index contributed by atoms with van der Waals surface area (Å²) < 4.78 is 45.7. The molecule has 3 aromatic rings. The Labute approximate surface area is 178 Å². The summed E-state index contributed by atoms with van der Waals surface area (Å²) in [5.41, 5.74) is 1.06. The molecule has 8 nitrogen and oxygen atoms in total. The molecule has 0 atom stereocenters. The Bertz CT molecular complexity index is 1200. The van der Waals surface area contributed by atoms with Crippen molar-refractivity contribution in [2.75, 3.05) is 30.5 Å². The number of methoxy groups -OCH3 is 1. The number of carbonyl (C=O) groups is 1. The first-order chi connectivity index (χ1) is 14.9. The molecular formula is C21H19FN4O4S. The van der Waals surface area contributed by atoms with Crippen LogP contribution in [0.15, 0.2) is 71.8 Å². The monoisotopic (exact) mass is 442 g/mol. The smallest absolute Gasteiger partial charge is 0.248 e. The Hall–Kier alpha value is -3.50. The molecule has 1 amide bonds. The van der Waals surface area contributed by atoms with Crippen LogP contribution in [0, 0.1) is 5.82 Å². The van der Waals surface area contributed by atoms with E-state index < -0.39 is 28.3 Å². The molecule has 4 rings (SSSR count). The van der Waals surface area contributed by atoms with Crippen LogP contribution in [0.3, 0.4) is 0 Å². The van der Waals surface area contributed by atoms with Gasteiger partial charge in [-0.05, 0) is 60.7 Å². The van der Waals surface area contributed by atoms with Crippen molar-refractivity contribution in [1.29, 1.82) is 0 Å². The number of aromatic nitrogens is 1. The minimum Gasteiger partial charge on any atom is -0.497 e. The van der Waals surface area contributed by atoms with E-state index in [2.05, 4.69) is 10.3 Å². The quantitative estimate of drug-likeness (QED) is 0.653. The molecule has 1 aromatic heterocycles. The first-order valence-electron chi connectivity index (χ1n) is 9.30. The van der Waals surface area contributed by atoms with Gasteiger partial charge in [0.2, 0.25) is 15.9 Å². The van der Waals surface area contributed by atoms with Crippen LogP contribution < -0.4 is 15.0 Å². The molecule has 0 saturated heterocycles. The third kappa shape index (κ3) is 4.21. The number of ether oxygens (including phenoxy) is 1. The number of hydrogen-bond donors (Lipinski definition) is 1. The summed E-state index contributed by atoms with van der Waals surface area (Å²) in [6.45, 7) is -0.547. The maximum Gasteiger partial charge on any atom is 0.248 e. The molecule has 1 N–H and O–H groups in total. The number of fused-ring (bicyclic) bond motifs is 1. The average Bonchev–Trinajstić information content (AvgIpc) is 2.77. The molecule has 160 valence electrons. The topological polar surface area (TPSA) is 91.8 Å². The van der Waals surface area contributed by atoms with Gasteiger partial charge >= 0.3 is 0 Å². The molecular weight excluding hydrogens is 423 g/mol. The standard InChI is InChI=1S/C21H19FN4O4S/c1-30-18-10-6-16(7-11-18)24-20(27)13-25-14-26(17-8-4-15(22)5-9-17)21-19(31(25,28)29)3-2-12-23-21/h2-12H,13-14H2,1H3,(H,24,27). The second-order valence-corrected chi connectivity index (χ2v) is 8.67. The predicted octanol–water partition coefficient (Wildman–Crippen LogP) is 2.97. The summed E-state index contributed by atoms with van der Waals surface area (Å²) in [4.78, 5) is 18.4. The maximum absolute atomic E-state index is 13.4. The molecule has 1 aliphatic heterocycles. The van der Waals surface area contributed by atoms with Crippen molar-refractivity contribution in [3.8, 4) is 5.75 Å². The van der Waals surface area contributed by atoms with Gasteiger partial charge in [0.05, 0.1) is 20.3 Å². The van der Waals surface area contributed by atoms with E-state index in [9.17, 15) is 17.6 Å². The normalized spacial score (nSPS) is 15.2. The summed E-state index contributed by atoms with van der Waals surface area (Å²) in [6.07, 6.45) is 1.48. The molecule has 2 heterocycles. The van der Waals surface area contributed by atoms with Gasteiger partial charge in [0.1, 0.15) is 16.5 Å². The summed E-state index contributed by atoms with van der Waals surface area (Å²) in [5.74, 6) is -0.0536. The summed E-state index contributed by atoms with van der Waals surface area (Å²) in [6, 6.07) is 15.3. The van der Waals surface area contributed by atoms with E-state index in [1.54, 1.807) is 29.2 Å². The van der Waals surface area contributed by atoms with Crippen LogP contribution >= 0.6 is 0 Å². The first-order valence-corrected chi connectivity index (χ1v) is 10.7. The number of carbonyl (C=O) groups excluding carboxylic acids is 1. The van der Waals surface area contributed by atoms with Crippen molar-refractivity contribution in [1.82, 2.24) is 9.29 Å². The van der Waals surface area contributed by atoms with Crippen LogP contribution in [-0.4, -0.2) is 43.9 Å². The van der Waals surface area contributed by atoms with Crippen LogP contribution in [0.25, 0.3) is 0 Å². The minimum absolute atomic E-state index is 0.0252. The summed E-state index contributed by atoms with van der Waals surface area (Å²) in [7, 11) is -2.42. The number of halogens is 1. The predicted molar refractivity (Wildman–Crippen MR) is 113 cm³/mol. The Morgan fingerprint density at radius 1 is 1.13 bits per heavy atom. The van der Waals surface area contributed by atoms with Crippen molar-refractivity contribution in [2.24, 2.45) is 0 Å². The summed E-state index contributed by atoms with van der Waals surface area (Å²) in [5, 5.41) is 2.68. The lowest BCUT2D eigenvalue weighted by Crippen LogP contribution is -2.47. The van der Waals surface area contributed by atoms with Crippen LogP contribution in [0.1, 0.15) is 0 Å². The number of benzene rings is 2. The van der Waals surface area contributed by atoms with Gasteiger partial charge in [0.25, 0.3) is 0 Å². The van der Waals surface area contributed by atoms with E-state index in [-0.39, 0.29) is 17.4 Å². The number of sulfonamides is 1. The van der Waals surface area contributed by atoms with Gasteiger partial charge in [-0.15, -0.1) is 0 Å². The Kier molecular flexibility index (Phi) is 5.57. The molecule has 0 bridgehead atoms. The fourth-order valence-electron chi connectivity index (χ4n) is 3.22. The van der Waals surface area contributed by atoms with Crippen LogP contribution in [0.5, 0.6) is 5.75 Å². The largest absolute Gasteiger partial charge is 0.497 e. The molecule has 0 aliphatic carbocycles.